The Balaban J connectivity index is 1.82. The van der Waals surface area contributed by atoms with Crippen LogP contribution >= 0.6 is 0 Å². The third-order valence-electron chi connectivity index (χ3n) is 4.89. The van der Waals surface area contributed by atoms with E-state index in [0.29, 0.717) is 5.92 Å². The maximum absolute atomic E-state index is 10.5. The standard InChI is InChI=1S/C16H18N2O/c1-16(2)7-12(15(16)19)14-11-6-4-3-5-10(11)13-8-17-9-18(13)14/h3-6,8-9,12,14-15,19H,7H2,1-2H3/t12-,14-,15+/m0/s1. The van der Waals surface area contributed by atoms with Crippen molar-refractivity contribution in [2.75, 3.05) is 0 Å². The molecule has 1 aromatic carbocycles. The van der Waals surface area contributed by atoms with Gasteiger partial charge in [0.05, 0.1) is 30.4 Å². The van der Waals surface area contributed by atoms with E-state index in [9.17, 15) is 5.11 Å². The Morgan fingerprint density at radius 1 is 1.32 bits per heavy atom. The molecular weight excluding hydrogens is 236 g/mol. The topological polar surface area (TPSA) is 38.0 Å². The summed E-state index contributed by atoms with van der Waals surface area (Å²) in [6.07, 6.45) is 4.65. The number of hydrogen-bond donors (Lipinski definition) is 1. The second-order valence-electron chi connectivity index (χ2n) is 6.52. The highest BCUT2D eigenvalue weighted by Gasteiger charge is 2.52. The predicted octanol–water partition coefficient (Wildman–Crippen LogP) is 2.86. The number of benzene rings is 1. The van der Waals surface area contributed by atoms with E-state index in [2.05, 4.69) is 47.7 Å². The molecule has 4 rings (SSSR count). The van der Waals surface area contributed by atoms with Gasteiger partial charge in [0.15, 0.2) is 0 Å². The van der Waals surface area contributed by atoms with Crippen molar-refractivity contribution in [3.63, 3.8) is 0 Å². The van der Waals surface area contributed by atoms with Crippen LogP contribution in [0.1, 0.15) is 31.9 Å². The van der Waals surface area contributed by atoms with Crippen molar-refractivity contribution >= 4 is 0 Å². The van der Waals surface area contributed by atoms with Crippen LogP contribution in [-0.4, -0.2) is 20.8 Å². The van der Waals surface area contributed by atoms with Crippen LogP contribution in [-0.2, 0) is 0 Å². The average molecular weight is 254 g/mol. The van der Waals surface area contributed by atoms with Gasteiger partial charge < -0.3 is 9.67 Å². The normalized spacial score (nSPS) is 30.6. The number of aromatic nitrogens is 2. The molecule has 1 N–H and O–H groups in total. The Labute approximate surface area is 112 Å². The smallest absolute Gasteiger partial charge is 0.0956 e. The van der Waals surface area contributed by atoms with E-state index in [1.807, 2.05) is 12.5 Å². The molecule has 0 unspecified atom stereocenters. The number of aliphatic hydroxyl groups excluding tert-OH is 1. The van der Waals surface area contributed by atoms with Crippen LogP contribution in [0.4, 0.5) is 0 Å². The molecule has 0 amide bonds. The zero-order valence-electron chi connectivity index (χ0n) is 11.2. The van der Waals surface area contributed by atoms with Crippen LogP contribution in [0.25, 0.3) is 11.3 Å². The van der Waals surface area contributed by atoms with Crippen molar-refractivity contribution < 1.29 is 5.11 Å². The number of rotatable bonds is 1. The van der Waals surface area contributed by atoms with Gasteiger partial charge in [0.25, 0.3) is 0 Å². The second-order valence-corrected chi connectivity index (χ2v) is 6.52. The maximum atomic E-state index is 10.5. The molecule has 3 heteroatoms. The van der Waals surface area contributed by atoms with Crippen molar-refractivity contribution in [2.24, 2.45) is 11.3 Å². The molecule has 0 bridgehead atoms. The summed E-state index contributed by atoms with van der Waals surface area (Å²) in [5, 5.41) is 10.5. The van der Waals surface area contributed by atoms with Crippen molar-refractivity contribution in [1.82, 2.24) is 9.55 Å². The van der Waals surface area contributed by atoms with E-state index in [4.69, 9.17) is 0 Å². The maximum Gasteiger partial charge on any atom is 0.0956 e. The molecule has 2 heterocycles. The summed E-state index contributed by atoms with van der Waals surface area (Å²) in [5.74, 6) is 0.298. The number of aliphatic hydroxyl groups is 1. The fourth-order valence-corrected chi connectivity index (χ4v) is 3.85. The van der Waals surface area contributed by atoms with E-state index < -0.39 is 0 Å². The van der Waals surface area contributed by atoms with E-state index in [-0.39, 0.29) is 17.6 Å². The first-order chi connectivity index (χ1) is 9.09. The molecule has 1 aliphatic heterocycles. The predicted molar refractivity (Wildman–Crippen MR) is 73.7 cm³/mol. The second kappa shape index (κ2) is 3.48. The zero-order valence-corrected chi connectivity index (χ0v) is 11.2. The molecule has 1 aliphatic carbocycles. The summed E-state index contributed by atoms with van der Waals surface area (Å²) in [6, 6.07) is 8.74. The quantitative estimate of drug-likeness (QED) is 0.849. The van der Waals surface area contributed by atoms with Gasteiger partial charge in [-0.3, -0.25) is 0 Å². The molecule has 98 valence electrons. The van der Waals surface area contributed by atoms with E-state index in [0.717, 1.165) is 6.42 Å². The molecule has 2 aliphatic rings. The molecule has 1 saturated carbocycles. The highest BCUT2D eigenvalue weighted by atomic mass is 16.3. The van der Waals surface area contributed by atoms with Gasteiger partial charge in [0.2, 0.25) is 0 Å². The van der Waals surface area contributed by atoms with Crippen molar-refractivity contribution in [1.29, 1.82) is 0 Å². The molecule has 1 fully saturated rings. The molecule has 3 atom stereocenters. The van der Waals surface area contributed by atoms with Gasteiger partial charge in [-0.25, -0.2) is 4.98 Å². The first-order valence-electron chi connectivity index (χ1n) is 6.89. The highest BCUT2D eigenvalue weighted by molar-refractivity contribution is 5.69. The lowest BCUT2D eigenvalue weighted by atomic mass is 9.58. The van der Waals surface area contributed by atoms with Gasteiger partial charge in [0, 0.05) is 11.5 Å². The zero-order chi connectivity index (χ0) is 13.2. The third kappa shape index (κ3) is 1.34. The van der Waals surface area contributed by atoms with Crippen LogP contribution < -0.4 is 0 Å². The van der Waals surface area contributed by atoms with E-state index in [1.54, 1.807) is 0 Å². The minimum absolute atomic E-state index is 0.0446. The van der Waals surface area contributed by atoms with E-state index in [1.165, 1.54) is 16.8 Å². The summed E-state index contributed by atoms with van der Waals surface area (Å²) >= 11 is 0. The third-order valence-corrected chi connectivity index (χ3v) is 4.89. The Hall–Kier alpha value is -1.61. The lowest BCUT2D eigenvalue weighted by Crippen LogP contribution is -2.51. The lowest BCUT2D eigenvalue weighted by Gasteiger charge is -2.51. The molecule has 3 nitrogen and oxygen atoms in total. The SMILES string of the molecule is CC1(C)C[C@@H]([C@@H]2c3ccccc3-c3cncn32)[C@H]1O. The molecular formula is C16H18N2O. The summed E-state index contributed by atoms with van der Waals surface area (Å²) in [5.41, 5.74) is 3.82. The monoisotopic (exact) mass is 254 g/mol. The van der Waals surface area contributed by atoms with Crippen LogP contribution in [0.15, 0.2) is 36.8 Å². The fourth-order valence-electron chi connectivity index (χ4n) is 3.85. The van der Waals surface area contributed by atoms with Gasteiger partial charge in [-0.1, -0.05) is 38.1 Å². The van der Waals surface area contributed by atoms with Crippen molar-refractivity contribution in [3.05, 3.63) is 42.4 Å². The Morgan fingerprint density at radius 3 is 2.84 bits per heavy atom. The van der Waals surface area contributed by atoms with E-state index >= 15 is 0 Å². The van der Waals surface area contributed by atoms with Crippen LogP contribution in [0.3, 0.4) is 0 Å². The highest BCUT2D eigenvalue weighted by Crippen LogP contribution is 2.55. The fraction of sp³-hybridized carbons (Fsp3) is 0.438. The first kappa shape index (κ1) is 11.2. The molecule has 0 saturated heterocycles. The van der Waals surface area contributed by atoms with Gasteiger partial charge >= 0.3 is 0 Å². The summed E-state index contributed by atoms with van der Waals surface area (Å²) < 4.78 is 2.23. The summed E-state index contributed by atoms with van der Waals surface area (Å²) in [6.45, 7) is 4.29. The minimum atomic E-state index is -0.237. The molecule has 2 aromatic rings. The Kier molecular flexibility index (Phi) is 2.06. The van der Waals surface area contributed by atoms with Gasteiger partial charge in [-0.15, -0.1) is 0 Å². The number of hydrogen-bond acceptors (Lipinski definition) is 2. The summed E-state index contributed by atoms with van der Waals surface area (Å²) in [4.78, 5) is 4.28. The van der Waals surface area contributed by atoms with Gasteiger partial charge in [-0.05, 0) is 17.4 Å². The van der Waals surface area contributed by atoms with Gasteiger partial charge in [0.1, 0.15) is 0 Å². The molecule has 0 spiro atoms. The Morgan fingerprint density at radius 2 is 2.11 bits per heavy atom. The van der Waals surface area contributed by atoms with Gasteiger partial charge in [-0.2, -0.15) is 0 Å². The van der Waals surface area contributed by atoms with Crippen molar-refractivity contribution in [3.8, 4) is 11.3 Å². The van der Waals surface area contributed by atoms with Crippen LogP contribution in [0.5, 0.6) is 0 Å². The molecule has 0 radical (unpaired) electrons. The molecule has 1 aromatic heterocycles. The van der Waals surface area contributed by atoms with Crippen molar-refractivity contribution in [2.45, 2.75) is 32.4 Å². The minimum Gasteiger partial charge on any atom is -0.392 e. The Bertz CT molecular complexity index is 644. The largest absolute Gasteiger partial charge is 0.392 e. The van der Waals surface area contributed by atoms with Crippen LogP contribution in [0, 0.1) is 11.3 Å². The summed E-state index contributed by atoms with van der Waals surface area (Å²) in [7, 11) is 0. The average Bonchev–Trinajstić information content (AvgIpc) is 2.96. The number of nitrogens with zero attached hydrogens (tertiary/aromatic N) is 2. The number of fused-ring (bicyclic) bond motifs is 3. The first-order valence-corrected chi connectivity index (χ1v) is 6.89. The number of imidazole rings is 1. The molecule has 19 heavy (non-hydrogen) atoms. The lowest BCUT2D eigenvalue weighted by molar-refractivity contribution is -0.112. The van der Waals surface area contributed by atoms with Crippen LogP contribution in [0.2, 0.25) is 0 Å².